The number of aromatic nitrogens is 1. The summed E-state index contributed by atoms with van der Waals surface area (Å²) in [7, 11) is 2.16. The van der Waals surface area contributed by atoms with Crippen LogP contribution in [0.15, 0.2) is 30.5 Å². The summed E-state index contributed by atoms with van der Waals surface area (Å²) >= 11 is 0. The highest BCUT2D eigenvalue weighted by atomic mass is 15.2. The number of nitrogens with one attached hydrogen (secondary N) is 1. The van der Waals surface area contributed by atoms with E-state index in [0.717, 1.165) is 35.4 Å². The molecule has 3 rings (SSSR count). The van der Waals surface area contributed by atoms with Crippen LogP contribution in [0, 0.1) is 0 Å². The molecule has 1 aliphatic heterocycles. The molecular formula is C14H18N4. The van der Waals surface area contributed by atoms with Gasteiger partial charge in [0.05, 0.1) is 11.2 Å². The van der Waals surface area contributed by atoms with E-state index in [2.05, 4.69) is 28.3 Å². The van der Waals surface area contributed by atoms with E-state index in [4.69, 9.17) is 5.73 Å². The van der Waals surface area contributed by atoms with Crippen molar-refractivity contribution in [2.75, 3.05) is 31.2 Å². The first kappa shape index (κ1) is 11.3. The van der Waals surface area contributed by atoms with Gasteiger partial charge in [0.1, 0.15) is 0 Å². The number of likely N-dealkylation sites (N-methyl/N-ethyl adjacent to an activating group) is 1. The number of pyridine rings is 1. The summed E-state index contributed by atoms with van der Waals surface area (Å²) < 4.78 is 0. The van der Waals surface area contributed by atoms with E-state index < -0.39 is 0 Å². The van der Waals surface area contributed by atoms with Gasteiger partial charge in [0, 0.05) is 29.9 Å². The fourth-order valence-electron chi connectivity index (χ4n) is 2.60. The van der Waals surface area contributed by atoms with Crippen molar-refractivity contribution in [3.05, 3.63) is 30.5 Å². The first-order valence-electron chi connectivity index (χ1n) is 6.32. The number of para-hydroxylation sites is 1. The van der Waals surface area contributed by atoms with Crippen LogP contribution in [0.25, 0.3) is 10.9 Å². The maximum atomic E-state index is 5.96. The molecule has 1 fully saturated rings. The van der Waals surface area contributed by atoms with Gasteiger partial charge in [-0.05, 0) is 32.1 Å². The second-order valence-corrected chi connectivity index (χ2v) is 4.99. The number of nitrogens with two attached hydrogens (primary N) is 1. The Balaban J connectivity index is 1.94. The van der Waals surface area contributed by atoms with Crippen molar-refractivity contribution in [3.8, 4) is 0 Å². The number of likely N-dealkylation sites (tertiary alicyclic amines) is 1. The first-order chi connectivity index (χ1) is 8.74. The zero-order valence-corrected chi connectivity index (χ0v) is 10.6. The Morgan fingerprint density at radius 1 is 1.39 bits per heavy atom. The van der Waals surface area contributed by atoms with Crippen molar-refractivity contribution >= 4 is 22.3 Å². The largest absolute Gasteiger partial charge is 0.397 e. The van der Waals surface area contributed by atoms with Gasteiger partial charge < -0.3 is 16.0 Å². The van der Waals surface area contributed by atoms with Crippen molar-refractivity contribution in [1.29, 1.82) is 0 Å². The third-order valence-electron chi connectivity index (χ3n) is 3.55. The summed E-state index contributed by atoms with van der Waals surface area (Å²) in [5, 5.41) is 4.71. The Kier molecular flexibility index (Phi) is 2.80. The quantitative estimate of drug-likeness (QED) is 0.790. The lowest BCUT2D eigenvalue weighted by Gasteiger charge is -2.16. The van der Waals surface area contributed by atoms with Gasteiger partial charge in [0.15, 0.2) is 0 Å². The Morgan fingerprint density at radius 3 is 3.06 bits per heavy atom. The molecule has 1 unspecified atom stereocenters. The molecule has 18 heavy (non-hydrogen) atoms. The standard InChI is InChI=1S/C14H18N4/c1-18-8-6-10(9-18)17-13-5-7-16-14-11(13)3-2-4-12(14)15/h2-5,7,10H,6,8-9,15H2,1H3,(H,16,17). The molecule has 0 saturated carbocycles. The maximum absolute atomic E-state index is 5.96. The Bertz CT molecular complexity index is 567. The highest BCUT2D eigenvalue weighted by Crippen LogP contribution is 2.26. The minimum atomic E-state index is 0.516. The highest BCUT2D eigenvalue weighted by Gasteiger charge is 2.19. The zero-order valence-electron chi connectivity index (χ0n) is 10.6. The van der Waals surface area contributed by atoms with E-state index in [9.17, 15) is 0 Å². The molecule has 94 valence electrons. The molecule has 0 amide bonds. The van der Waals surface area contributed by atoms with Gasteiger partial charge in [-0.1, -0.05) is 12.1 Å². The van der Waals surface area contributed by atoms with E-state index >= 15 is 0 Å². The Hall–Kier alpha value is -1.81. The van der Waals surface area contributed by atoms with Crippen LogP contribution in [0.2, 0.25) is 0 Å². The molecule has 1 saturated heterocycles. The summed E-state index contributed by atoms with van der Waals surface area (Å²) in [4.78, 5) is 6.70. The van der Waals surface area contributed by atoms with Gasteiger partial charge in [-0.3, -0.25) is 4.98 Å². The van der Waals surface area contributed by atoms with Crippen molar-refractivity contribution in [2.45, 2.75) is 12.5 Å². The molecule has 2 heterocycles. The molecule has 2 aromatic rings. The fraction of sp³-hybridized carbons (Fsp3) is 0.357. The molecule has 4 heteroatoms. The summed E-state index contributed by atoms with van der Waals surface area (Å²) in [6.07, 6.45) is 3.00. The van der Waals surface area contributed by atoms with Crippen LogP contribution in [-0.4, -0.2) is 36.1 Å². The Morgan fingerprint density at radius 2 is 2.28 bits per heavy atom. The molecule has 0 radical (unpaired) electrons. The molecule has 1 atom stereocenters. The number of hydrogen-bond donors (Lipinski definition) is 2. The maximum Gasteiger partial charge on any atom is 0.0951 e. The van der Waals surface area contributed by atoms with Gasteiger partial charge in [-0.15, -0.1) is 0 Å². The lowest BCUT2D eigenvalue weighted by Crippen LogP contribution is -2.23. The van der Waals surface area contributed by atoms with Crippen molar-refractivity contribution in [2.24, 2.45) is 0 Å². The summed E-state index contributed by atoms with van der Waals surface area (Å²) in [6, 6.07) is 8.48. The average molecular weight is 242 g/mol. The van der Waals surface area contributed by atoms with E-state index in [1.54, 1.807) is 0 Å². The monoisotopic (exact) mass is 242 g/mol. The minimum Gasteiger partial charge on any atom is -0.397 e. The molecule has 1 aliphatic rings. The number of nitrogens with zero attached hydrogens (tertiary/aromatic N) is 2. The number of hydrogen-bond acceptors (Lipinski definition) is 4. The molecule has 0 bridgehead atoms. The second kappa shape index (κ2) is 4.46. The van der Waals surface area contributed by atoms with Gasteiger partial charge in [-0.25, -0.2) is 0 Å². The topological polar surface area (TPSA) is 54.2 Å². The van der Waals surface area contributed by atoms with E-state index in [1.165, 1.54) is 6.42 Å². The lowest BCUT2D eigenvalue weighted by molar-refractivity contribution is 0.414. The summed E-state index contributed by atoms with van der Waals surface area (Å²) in [6.45, 7) is 2.24. The van der Waals surface area contributed by atoms with E-state index in [0.29, 0.717) is 6.04 Å². The van der Waals surface area contributed by atoms with Crippen LogP contribution >= 0.6 is 0 Å². The number of rotatable bonds is 2. The lowest BCUT2D eigenvalue weighted by atomic mass is 10.1. The van der Waals surface area contributed by atoms with Gasteiger partial charge in [0.25, 0.3) is 0 Å². The van der Waals surface area contributed by atoms with E-state index in [-0.39, 0.29) is 0 Å². The first-order valence-corrected chi connectivity index (χ1v) is 6.32. The molecule has 0 spiro atoms. The van der Waals surface area contributed by atoms with Crippen LogP contribution in [0.3, 0.4) is 0 Å². The third kappa shape index (κ3) is 1.99. The smallest absolute Gasteiger partial charge is 0.0951 e. The van der Waals surface area contributed by atoms with Gasteiger partial charge >= 0.3 is 0 Å². The zero-order chi connectivity index (χ0) is 12.5. The van der Waals surface area contributed by atoms with Crippen LogP contribution in [0.1, 0.15) is 6.42 Å². The fourth-order valence-corrected chi connectivity index (χ4v) is 2.60. The second-order valence-electron chi connectivity index (χ2n) is 4.99. The molecule has 1 aromatic carbocycles. The molecular weight excluding hydrogens is 224 g/mol. The van der Waals surface area contributed by atoms with Crippen molar-refractivity contribution < 1.29 is 0 Å². The molecule has 3 N–H and O–H groups in total. The number of nitrogen functional groups attached to an aromatic ring is 1. The van der Waals surface area contributed by atoms with Gasteiger partial charge in [0.2, 0.25) is 0 Å². The van der Waals surface area contributed by atoms with Crippen molar-refractivity contribution in [3.63, 3.8) is 0 Å². The van der Waals surface area contributed by atoms with Crippen molar-refractivity contribution in [1.82, 2.24) is 9.88 Å². The SMILES string of the molecule is CN1CCC(Nc2ccnc3c(N)cccc23)C1. The minimum absolute atomic E-state index is 0.516. The predicted molar refractivity (Wildman–Crippen MR) is 75.7 cm³/mol. The predicted octanol–water partition coefficient (Wildman–Crippen LogP) is 1.93. The molecule has 1 aromatic heterocycles. The summed E-state index contributed by atoms with van der Waals surface area (Å²) in [5.41, 5.74) is 8.71. The van der Waals surface area contributed by atoms with Crippen LogP contribution in [0.4, 0.5) is 11.4 Å². The summed E-state index contributed by atoms with van der Waals surface area (Å²) in [5.74, 6) is 0. The molecule has 0 aliphatic carbocycles. The average Bonchev–Trinajstić information content (AvgIpc) is 2.76. The van der Waals surface area contributed by atoms with Crippen LogP contribution in [-0.2, 0) is 0 Å². The van der Waals surface area contributed by atoms with Crippen LogP contribution < -0.4 is 11.1 Å². The van der Waals surface area contributed by atoms with E-state index in [1.807, 2.05) is 24.4 Å². The normalized spacial score (nSPS) is 20.4. The van der Waals surface area contributed by atoms with Gasteiger partial charge in [-0.2, -0.15) is 0 Å². The number of fused-ring (bicyclic) bond motifs is 1. The highest BCUT2D eigenvalue weighted by molar-refractivity contribution is 5.97. The number of benzene rings is 1. The molecule has 4 nitrogen and oxygen atoms in total. The Labute approximate surface area is 107 Å². The van der Waals surface area contributed by atoms with Crippen LogP contribution in [0.5, 0.6) is 0 Å². The number of anilines is 2. The third-order valence-corrected chi connectivity index (χ3v) is 3.55.